The molecule has 12 heavy (non-hydrogen) atoms. The average molecular weight is 161 g/mol. The molecule has 1 aromatic carbocycles. The van der Waals surface area contributed by atoms with Gasteiger partial charge in [0.25, 0.3) is 0 Å². The van der Waals surface area contributed by atoms with Crippen molar-refractivity contribution in [3.8, 4) is 5.75 Å². The van der Waals surface area contributed by atoms with Crippen molar-refractivity contribution in [2.45, 2.75) is 0 Å². The summed E-state index contributed by atoms with van der Waals surface area (Å²) in [5, 5.41) is 6.99. The van der Waals surface area contributed by atoms with Gasteiger partial charge < -0.3 is 10.1 Å². The molecule has 1 N–H and O–H groups in total. The summed E-state index contributed by atoms with van der Waals surface area (Å²) < 4.78 is 5.00. The molecule has 1 rings (SSSR count). The Hall–Kier alpha value is -1.57. The molecule has 0 aliphatic carbocycles. The fourth-order valence-electron chi connectivity index (χ4n) is 0.888. The lowest BCUT2D eigenvalue weighted by Gasteiger charge is -2.01. The van der Waals surface area contributed by atoms with Gasteiger partial charge in [-0.25, -0.2) is 0 Å². The van der Waals surface area contributed by atoms with Gasteiger partial charge in [0, 0.05) is 6.21 Å². The van der Waals surface area contributed by atoms with Gasteiger partial charge in [-0.3, -0.25) is 0 Å². The molecule has 0 fully saturated rings. The number of methoxy groups -OCH3 is 1. The van der Waals surface area contributed by atoms with Gasteiger partial charge in [0.2, 0.25) is 0 Å². The Kier molecular flexibility index (Phi) is 2.64. The van der Waals surface area contributed by atoms with E-state index in [1.54, 1.807) is 7.11 Å². The lowest BCUT2D eigenvalue weighted by atomic mass is 10.1. The Balaban J connectivity index is 2.91. The van der Waals surface area contributed by atoms with Crippen LogP contribution >= 0.6 is 0 Å². The molecule has 2 nitrogen and oxygen atoms in total. The summed E-state index contributed by atoms with van der Waals surface area (Å²) in [5.74, 6) is 0.816. The summed E-state index contributed by atoms with van der Waals surface area (Å²) >= 11 is 0. The Labute approximate surface area is 72.0 Å². The smallest absolute Gasteiger partial charge is 0.118 e. The molecule has 1 aromatic rings. The molecule has 62 valence electrons. The SMILES string of the molecule is C=C(C=N)c1ccc(OC)cc1. The Morgan fingerprint density at radius 1 is 1.42 bits per heavy atom. The van der Waals surface area contributed by atoms with Gasteiger partial charge in [0.1, 0.15) is 5.75 Å². The molecule has 0 radical (unpaired) electrons. The van der Waals surface area contributed by atoms with Crippen LogP contribution in [0.3, 0.4) is 0 Å². The lowest BCUT2D eigenvalue weighted by molar-refractivity contribution is 0.415. The maximum atomic E-state index is 6.99. The van der Waals surface area contributed by atoms with Crippen LogP contribution in [-0.4, -0.2) is 13.3 Å². The third-order valence-corrected chi connectivity index (χ3v) is 1.64. The van der Waals surface area contributed by atoms with Crippen molar-refractivity contribution in [1.29, 1.82) is 5.41 Å². The molecule has 0 unspecified atom stereocenters. The molecule has 2 heteroatoms. The molecule has 0 spiro atoms. The van der Waals surface area contributed by atoms with Crippen molar-refractivity contribution in [1.82, 2.24) is 0 Å². The van der Waals surface area contributed by atoms with Gasteiger partial charge in [-0.2, -0.15) is 0 Å². The fourth-order valence-corrected chi connectivity index (χ4v) is 0.888. The van der Waals surface area contributed by atoms with Crippen molar-refractivity contribution in [2.75, 3.05) is 7.11 Å². The summed E-state index contributed by atoms with van der Waals surface area (Å²) in [6.07, 6.45) is 1.24. The first-order valence-corrected chi connectivity index (χ1v) is 3.61. The third kappa shape index (κ3) is 1.72. The predicted octanol–water partition coefficient (Wildman–Crippen LogP) is 2.36. The highest BCUT2D eigenvalue weighted by Crippen LogP contribution is 2.15. The minimum Gasteiger partial charge on any atom is -0.497 e. The van der Waals surface area contributed by atoms with Crippen LogP contribution in [0.2, 0.25) is 0 Å². The Morgan fingerprint density at radius 2 is 2.00 bits per heavy atom. The van der Waals surface area contributed by atoms with Gasteiger partial charge >= 0.3 is 0 Å². The number of allylic oxidation sites excluding steroid dienone is 1. The van der Waals surface area contributed by atoms with Crippen molar-refractivity contribution in [3.05, 3.63) is 36.4 Å². The molecule has 0 atom stereocenters. The summed E-state index contributed by atoms with van der Waals surface area (Å²) in [6.45, 7) is 3.72. The van der Waals surface area contributed by atoms with E-state index in [-0.39, 0.29) is 0 Å². The van der Waals surface area contributed by atoms with Gasteiger partial charge in [-0.1, -0.05) is 18.7 Å². The van der Waals surface area contributed by atoms with Gasteiger partial charge in [-0.05, 0) is 23.3 Å². The minimum absolute atomic E-state index is 0.706. The average Bonchev–Trinajstić information content (AvgIpc) is 2.17. The summed E-state index contributed by atoms with van der Waals surface area (Å²) in [6, 6.07) is 7.46. The minimum atomic E-state index is 0.706. The quantitative estimate of drug-likeness (QED) is 0.678. The van der Waals surface area contributed by atoms with Crippen LogP contribution in [0.1, 0.15) is 5.56 Å². The number of hydrogen-bond acceptors (Lipinski definition) is 2. The molecule has 0 aliphatic rings. The van der Waals surface area contributed by atoms with E-state index >= 15 is 0 Å². The van der Waals surface area contributed by atoms with Crippen LogP contribution in [0.25, 0.3) is 5.57 Å². The molecule has 0 bridgehead atoms. The molecule has 0 saturated heterocycles. The third-order valence-electron chi connectivity index (χ3n) is 1.64. The van der Waals surface area contributed by atoms with Crippen LogP contribution in [0.5, 0.6) is 5.75 Å². The lowest BCUT2D eigenvalue weighted by Crippen LogP contribution is -1.85. The normalized spacial score (nSPS) is 9.08. The standard InChI is InChI=1S/C10H11NO/c1-8(7-11)9-3-5-10(12-2)6-4-9/h3-7,11H,1H2,2H3. The van der Waals surface area contributed by atoms with Crippen LogP contribution < -0.4 is 4.74 Å². The first kappa shape index (κ1) is 8.53. The maximum absolute atomic E-state index is 6.99. The van der Waals surface area contributed by atoms with E-state index in [4.69, 9.17) is 10.1 Å². The molecule has 0 aromatic heterocycles. The first-order valence-electron chi connectivity index (χ1n) is 3.61. The van der Waals surface area contributed by atoms with Gasteiger partial charge in [0.05, 0.1) is 7.11 Å². The second-order valence-electron chi connectivity index (χ2n) is 2.40. The molecular formula is C10H11NO. The van der Waals surface area contributed by atoms with E-state index in [1.807, 2.05) is 24.3 Å². The second kappa shape index (κ2) is 3.72. The molecule has 0 saturated carbocycles. The molecule has 0 heterocycles. The first-order chi connectivity index (χ1) is 5.77. The number of hydrogen-bond donors (Lipinski definition) is 1. The number of benzene rings is 1. The zero-order valence-electron chi connectivity index (χ0n) is 7.00. The molecular weight excluding hydrogens is 150 g/mol. The zero-order chi connectivity index (χ0) is 8.97. The Bertz CT molecular complexity index is 287. The van der Waals surface area contributed by atoms with Crippen molar-refractivity contribution >= 4 is 11.8 Å². The van der Waals surface area contributed by atoms with Crippen LogP contribution in [0.4, 0.5) is 0 Å². The summed E-state index contributed by atoms with van der Waals surface area (Å²) in [5.41, 5.74) is 1.66. The zero-order valence-corrected chi connectivity index (χ0v) is 7.00. The van der Waals surface area contributed by atoms with E-state index in [2.05, 4.69) is 6.58 Å². The van der Waals surface area contributed by atoms with Crippen LogP contribution in [0.15, 0.2) is 30.8 Å². The van der Waals surface area contributed by atoms with E-state index in [0.29, 0.717) is 5.57 Å². The van der Waals surface area contributed by atoms with E-state index in [1.165, 1.54) is 6.21 Å². The van der Waals surface area contributed by atoms with E-state index < -0.39 is 0 Å². The maximum Gasteiger partial charge on any atom is 0.118 e. The van der Waals surface area contributed by atoms with Gasteiger partial charge in [0.15, 0.2) is 0 Å². The highest BCUT2D eigenvalue weighted by molar-refractivity contribution is 6.07. The monoisotopic (exact) mass is 161 g/mol. The second-order valence-corrected chi connectivity index (χ2v) is 2.40. The molecule has 0 amide bonds. The fraction of sp³-hybridized carbons (Fsp3) is 0.100. The van der Waals surface area contributed by atoms with Crippen LogP contribution in [-0.2, 0) is 0 Å². The van der Waals surface area contributed by atoms with Crippen molar-refractivity contribution in [2.24, 2.45) is 0 Å². The van der Waals surface area contributed by atoms with Gasteiger partial charge in [-0.15, -0.1) is 0 Å². The largest absolute Gasteiger partial charge is 0.497 e. The van der Waals surface area contributed by atoms with E-state index in [0.717, 1.165) is 11.3 Å². The highest BCUT2D eigenvalue weighted by atomic mass is 16.5. The van der Waals surface area contributed by atoms with Crippen molar-refractivity contribution < 1.29 is 4.74 Å². The predicted molar refractivity (Wildman–Crippen MR) is 50.8 cm³/mol. The van der Waals surface area contributed by atoms with E-state index in [9.17, 15) is 0 Å². The summed E-state index contributed by atoms with van der Waals surface area (Å²) in [4.78, 5) is 0. The van der Waals surface area contributed by atoms with Crippen LogP contribution in [0, 0.1) is 5.41 Å². The number of ether oxygens (including phenoxy) is 1. The summed E-state index contributed by atoms with van der Waals surface area (Å²) in [7, 11) is 1.63. The topological polar surface area (TPSA) is 33.1 Å². The molecule has 0 aliphatic heterocycles. The van der Waals surface area contributed by atoms with Crippen molar-refractivity contribution in [3.63, 3.8) is 0 Å². The number of rotatable bonds is 3. The highest BCUT2D eigenvalue weighted by Gasteiger charge is 1.94. The number of nitrogens with one attached hydrogen (secondary N) is 1. The Morgan fingerprint density at radius 3 is 2.42 bits per heavy atom.